The van der Waals surface area contributed by atoms with Crippen LogP contribution in [0.1, 0.15) is 5.69 Å². The molecular formula is C18H19ClN8. The molecule has 1 saturated heterocycles. The number of nitrogens with zero attached hydrogens (tertiary/aromatic N) is 8. The van der Waals surface area contributed by atoms with Crippen molar-refractivity contribution in [2.45, 2.75) is 0 Å². The van der Waals surface area contributed by atoms with Crippen molar-refractivity contribution in [3.63, 3.8) is 0 Å². The minimum atomic E-state index is 0.534. The lowest BCUT2D eigenvalue weighted by Gasteiger charge is -2.35. The van der Waals surface area contributed by atoms with Crippen LogP contribution in [-0.2, 0) is 0 Å². The van der Waals surface area contributed by atoms with Gasteiger partial charge in [0.15, 0.2) is 11.5 Å². The highest BCUT2D eigenvalue weighted by Crippen LogP contribution is 2.25. The van der Waals surface area contributed by atoms with Crippen LogP contribution in [0, 0.1) is 11.3 Å². The second-order valence-electron chi connectivity index (χ2n) is 6.55. The van der Waals surface area contributed by atoms with Gasteiger partial charge in [-0.25, -0.2) is 9.97 Å². The van der Waals surface area contributed by atoms with Crippen molar-refractivity contribution in [3.05, 3.63) is 41.3 Å². The third kappa shape index (κ3) is 3.22. The molecule has 0 bridgehead atoms. The van der Waals surface area contributed by atoms with Gasteiger partial charge in [-0.1, -0.05) is 11.6 Å². The highest BCUT2D eigenvalue weighted by atomic mass is 35.5. The van der Waals surface area contributed by atoms with Gasteiger partial charge in [-0.3, -0.25) is 4.40 Å². The smallest absolute Gasteiger partial charge is 0.226 e. The van der Waals surface area contributed by atoms with Gasteiger partial charge in [-0.15, -0.1) is 0 Å². The zero-order chi connectivity index (χ0) is 19.0. The molecular weight excluding hydrogens is 364 g/mol. The van der Waals surface area contributed by atoms with Gasteiger partial charge in [0.2, 0.25) is 5.95 Å². The van der Waals surface area contributed by atoms with E-state index in [0.717, 1.165) is 32.0 Å². The topological polar surface area (TPSA) is 76.6 Å². The Morgan fingerprint density at radius 2 is 1.85 bits per heavy atom. The van der Waals surface area contributed by atoms with E-state index in [1.807, 2.05) is 25.1 Å². The second kappa shape index (κ2) is 6.93. The van der Waals surface area contributed by atoms with E-state index in [2.05, 4.69) is 30.8 Å². The fourth-order valence-electron chi connectivity index (χ4n) is 3.21. The molecule has 3 aromatic heterocycles. The summed E-state index contributed by atoms with van der Waals surface area (Å²) in [5, 5.41) is 10.2. The monoisotopic (exact) mass is 382 g/mol. The number of halogens is 1. The van der Waals surface area contributed by atoms with Crippen LogP contribution >= 0.6 is 11.6 Å². The van der Waals surface area contributed by atoms with Gasteiger partial charge in [0, 0.05) is 63.8 Å². The molecule has 0 saturated carbocycles. The van der Waals surface area contributed by atoms with E-state index in [-0.39, 0.29) is 0 Å². The van der Waals surface area contributed by atoms with E-state index in [4.69, 9.17) is 11.6 Å². The Labute approximate surface area is 162 Å². The molecule has 138 valence electrons. The number of hydrogen-bond donors (Lipinski definition) is 0. The molecule has 1 fully saturated rings. The Morgan fingerprint density at radius 3 is 2.56 bits per heavy atom. The van der Waals surface area contributed by atoms with Crippen LogP contribution in [0.25, 0.3) is 5.65 Å². The molecule has 9 heteroatoms. The molecule has 0 N–H and O–H groups in total. The number of pyridine rings is 1. The zero-order valence-electron chi connectivity index (χ0n) is 15.2. The minimum absolute atomic E-state index is 0.534. The molecule has 8 nitrogen and oxygen atoms in total. The van der Waals surface area contributed by atoms with E-state index in [1.165, 1.54) is 0 Å². The van der Waals surface area contributed by atoms with E-state index in [0.29, 0.717) is 28.1 Å². The molecule has 1 aliphatic heterocycles. The predicted molar refractivity (Wildman–Crippen MR) is 106 cm³/mol. The highest BCUT2D eigenvalue weighted by Gasteiger charge is 2.24. The second-order valence-corrected chi connectivity index (χ2v) is 6.99. The number of imidazole rings is 1. The van der Waals surface area contributed by atoms with Gasteiger partial charge in [-0.05, 0) is 12.1 Å². The first-order valence-corrected chi connectivity index (χ1v) is 9.02. The van der Waals surface area contributed by atoms with Gasteiger partial charge in [0.1, 0.15) is 17.5 Å². The molecule has 1 aliphatic rings. The summed E-state index contributed by atoms with van der Waals surface area (Å²) in [4.78, 5) is 19.8. The zero-order valence-corrected chi connectivity index (χ0v) is 15.9. The fourth-order valence-corrected chi connectivity index (χ4v) is 3.36. The van der Waals surface area contributed by atoms with E-state index < -0.39 is 0 Å². The molecule has 27 heavy (non-hydrogen) atoms. The lowest BCUT2D eigenvalue weighted by Crippen LogP contribution is -2.47. The summed E-state index contributed by atoms with van der Waals surface area (Å²) in [6, 6.07) is 7.73. The Hall–Kier alpha value is -3.05. The van der Waals surface area contributed by atoms with E-state index >= 15 is 0 Å². The standard InChI is InChI=1S/C18H19ClN8/c1-24(2)18-21-5-3-15(23-18)25-7-9-26(10-8-25)17-14(12-20)27-6-4-13(19)11-16(27)22-17/h3-6,11H,7-10H2,1-2H3. The molecule has 0 atom stereocenters. The van der Waals surface area contributed by atoms with Crippen molar-refractivity contribution in [1.29, 1.82) is 5.26 Å². The Balaban J connectivity index is 1.55. The molecule has 0 aliphatic carbocycles. The Morgan fingerprint density at radius 1 is 1.11 bits per heavy atom. The summed E-state index contributed by atoms with van der Waals surface area (Å²) in [7, 11) is 3.85. The summed E-state index contributed by atoms with van der Waals surface area (Å²) in [6.07, 6.45) is 3.57. The van der Waals surface area contributed by atoms with Crippen molar-refractivity contribution >= 4 is 34.8 Å². The number of aromatic nitrogens is 4. The molecule has 4 heterocycles. The van der Waals surface area contributed by atoms with Crippen LogP contribution < -0.4 is 14.7 Å². The van der Waals surface area contributed by atoms with Gasteiger partial charge < -0.3 is 14.7 Å². The first-order valence-electron chi connectivity index (χ1n) is 8.65. The van der Waals surface area contributed by atoms with Crippen molar-refractivity contribution in [1.82, 2.24) is 19.4 Å². The van der Waals surface area contributed by atoms with Crippen molar-refractivity contribution in [2.24, 2.45) is 0 Å². The Kier molecular flexibility index (Phi) is 4.46. The third-order valence-electron chi connectivity index (χ3n) is 4.61. The number of rotatable bonds is 3. The van der Waals surface area contributed by atoms with Gasteiger partial charge >= 0.3 is 0 Å². The highest BCUT2D eigenvalue weighted by molar-refractivity contribution is 6.30. The van der Waals surface area contributed by atoms with Crippen LogP contribution in [0.3, 0.4) is 0 Å². The fraction of sp³-hybridized carbons (Fsp3) is 0.333. The molecule has 0 amide bonds. The summed E-state index contributed by atoms with van der Waals surface area (Å²) < 4.78 is 1.78. The van der Waals surface area contributed by atoms with E-state index in [9.17, 15) is 5.26 Å². The first-order chi connectivity index (χ1) is 13.1. The Bertz CT molecular complexity index is 1010. The quantitative estimate of drug-likeness (QED) is 0.686. The van der Waals surface area contributed by atoms with Crippen LogP contribution in [0.5, 0.6) is 0 Å². The van der Waals surface area contributed by atoms with Crippen molar-refractivity contribution in [3.8, 4) is 6.07 Å². The number of nitriles is 1. The SMILES string of the molecule is CN(C)c1nccc(N2CCN(c3nc4cc(Cl)ccn4c3C#N)CC2)n1. The first kappa shape index (κ1) is 17.4. The van der Waals surface area contributed by atoms with Crippen molar-refractivity contribution < 1.29 is 0 Å². The predicted octanol–water partition coefficient (Wildman–Crippen LogP) is 2.04. The number of fused-ring (bicyclic) bond motifs is 1. The number of hydrogen-bond acceptors (Lipinski definition) is 7. The maximum atomic E-state index is 9.62. The molecule has 4 rings (SSSR count). The molecule has 0 radical (unpaired) electrons. The largest absolute Gasteiger partial charge is 0.353 e. The van der Waals surface area contributed by atoms with Gasteiger partial charge in [0.25, 0.3) is 0 Å². The third-order valence-corrected chi connectivity index (χ3v) is 4.84. The summed E-state index contributed by atoms with van der Waals surface area (Å²) in [6.45, 7) is 3.11. The van der Waals surface area contributed by atoms with Gasteiger partial charge in [0.05, 0.1) is 0 Å². The van der Waals surface area contributed by atoms with E-state index in [1.54, 1.807) is 28.9 Å². The molecule has 3 aromatic rings. The number of piperazine rings is 1. The normalized spacial score (nSPS) is 14.4. The maximum Gasteiger partial charge on any atom is 0.226 e. The summed E-state index contributed by atoms with van der Waals surface area (Å²) in [5.41, 5.74) is 1.22. The summed E-state index contributed by atoms with van der Waals surface area (Å²) in [5.74, 6) is 2.31. The lowest BCUT2D eigenvalue weighted by molar-refractivity contribution is 0.641. The average Bonchev–Trinajstić information content (AvgIpc) is 3.05. The van der Waals surface area contributed by atoms with Crippen LogP contribution in [0.4, 0.5) is 17.6 Å². The maximum absolute atomic E-state index is 9.62. The number of anilines is 3. The van der Waals surface area contributed by atoms with Crippen LogP contribution in [0.2, 0.25) is 5.02 Å². The minimum Gasteiger partial charge on any atom is -0.353 e. The average molecular weight is 383 g/mol. The van der Waals surface area contributed by atoms with Gasteiger partial charge in [-0.2, -0.15) is 10.2 Å². The van der Waals surface area contributed by atoms with Crippen LogP contribution in [-0.4, -0.2) is 59.6 Å². The molecule has 0 spiro atoms. The molecule has 0 aromatic carbocycles. The van der Waals surface area contributed by atoms with Crippen molar-refractivity contribution in [2.75, 3.05) is 55.0 Å². The summed E-state index contributed by atoms with van der Waals surface area (Å²) >= 11 is 6.06. The van der Waals surface area contributed by atoms with Crippen LogP contribution in [0.15, 0.2) is 30.6 Å². The lowest BCUT2D eigenvalue weighted by atomic mass is 10.3. The molecule has 0 unspecified atom stereocenters.